The molecular formula is C29H33NO5. The lowest BCUT2D eigenvalue weighted by atomic mass is 10.0. The fourth-order valence-corrected chi connectivity index (χ4v) is 3.59. The first-order chi connectivity index (χ1) is 17.0. The molecule has 0 spiro atoms. The van der Waals surface area contributed by atoms with Crippen LogP contribution in [0.1, 0.15) is 52.7 Å². The molecule has 0 heterocycles. The number of carbonyl (C=O) groups is 2. The molecule has 0 aliphatic heterocycles. The van der Waals surface area contributed by atoms with Crippen LogP contribution >= 0.6 is 0 Å². The van der Waals surface area contributed by atoms with Gasteiger partial charge in [-0.1, -0.05) is 48.5 Å². The number of hydrogen-bond donors (Lipinski definition) is 1. The van der Waals surface area contributed by atoms with Crippen LogP contribution in [0.25, 0.3) is 0 Å². The van der Waals surface area contributed by atoms with E-state index in [1.165, 1.54) is 5.56 Å². The van der Waals surface area contributed by atoms with E-state index < -0.39 is 11.9 Å². The first-order valence-electron chi connectivity index (χ1n) is 12.0. The van der Waals surface area contributed by atoms with E-state index in [1.54, 1.807) is 12.1 Å². The average Bonchev–Trinajstić information content (AvgIpc) is 2.88. The first-order valence-corrected chi connectivity index (χ1v) is 12.0. The largest absolute Gasteiger partial charge is 0.494 e. The quantitative estimate of drug-likeness (QED) is 0.267. The van der Waals surface area contributed by atoms with Crippen LogP contribution in [0.4, 0.5) is 0 Å². The lowest BCUT2D eigenvalue weighted by molar-refractivity contribution is -0.149. The lowest BCUT2D eigenvalue weighted by Crippen LogP contribution is -2.28. The zero-order chi connectivity index (χ0) is 24.9. The fraction of sp³-hybridized carbons (Fsp3) is 0.310. The molecule has 3 aromatic carbocycles. The minimum Gasteiger partial charge on any atom is -0.494 e. The number of unbranched alkanes of at least 4 members (excludes halogenated alkanes) is 1. The van der Waals surface area contributed by atoms with E-state index in [0.29, 0.717) is 25.2 Å². The van der Waals surface area contributed by atoms with Gasteiger partial charge in [0.15, 0.2) is 0 Å². The molecule has 184 valence electrons. The zero-order valence-electron chi connectivity index (χ0n) is 20.4. The van der Waals surface area contributed by atoms with Crippen molar-refractivity contribution in [3.8, 4) is 11.5 Å². The third-order valence-electron chi connectivity index (χ3n) is 5.74. The summed E-state index contributed by atoms with van der Waals surface area (Å²) in [6.45, 7) is 4.78. The highest BCUT2D eigenvalue weighted by Gasteiger charge is 2.15. The predicted molar refractivity (Wildman–Crippen MR) is 136 cm³/mol. The number of amides is 1. The molecule has 0 saturated heterocycles. The Morgan fingerprint density at radius 3 is 2.17 bits per heavy atom. The van der Waals surface area contributed by atoms with Crippen LogP contribution in [0, 0.1) is 13.8 Å². The molecule has 6 heteroatoms. The van der Waals surface area contributed by atoms with Crippen molar-refractivity contribution in [2.75, 3.05) is 13.2 Å². The monoisotopic (exact) mass is 475 g/mol. The van der Waals surface area contributed by atoms with E-state index in [1.807, 2.05) is 50.2 Å². The normalized spacial score (nSPS) is 10.5. The molecule has 3 aromatic rings. The Morgan fingerprint density at radius 2 is 1.43 bits per heavy atom. The number of carbonyl (C=O) groups excluding carboxylic acids is 2. The summed E-state index contributed by atoms with van der Waals surface area (Å²) in [6.07, 6.45) is 3.65. The Hall–Kier alpha value is -3.80. The summed E-state index contributed by atoms with van der Waals surface area (Å²) in [7, 11) is 0. The second-order valence-corrected chi connectivity index (χ2v) is 8.32. The molecule has 0 aromatic heterocycles. The van der Waals surface area contributed by atoms with Crippen molar-refractivity contribution in [3.05, 3.63) is 95.1 Å². The van der Waals surface area contributed by atoms with Gasteiger partial charge in [0.1, 0.15) is 11.5 Å². The SMILES string of the molecule is Cc1c(OCCCCc2ccccc2)ccc(C(=O)NOC(=O)CCCOc2ccccc2)c1C. The van der Waals surface area contributed by atoms with Crippen LogP contribution < -0.4 is 15.0 Å². The predicted octanol–water partition coefficient (Wildman–Crippen LogP) is 5.75. The van der Waals surface area contributed by atoms with Gasteiger partial charge in [-0.3, -0.25) is 4.79 Å². The maximum Gasteiger partial charge on any atom is 0.332 e. The van der Waals surface area contributed by atoms with Crippen molar-refractivity contribution < 1.29 is 23.9 Å². The molecule has 35 heavy (non-hydrogen) atoms. The van der Waals surface area contributed by atoms with Gasteiger partial charge in [0.2, 0.25) is 0 Å². The summed E-state index contributed by atoms with van der Waals surface area (Å²) in [5, 5.41) is 0. The number of para-hydroxylation sites is 1. The average molecular weight is 476 g/mol. The summed E-state index contributed by atoms with van der Waals surface area (Å²) < 4.78 is 11.5. The highest BCUT2D eigenvalue weighted by molar-refractivity contribution is 5.96. The van der Waals surface area contributed by atoms with Crippen LogP contribution in [-0.4, -0.2) is 25.1 Å². The second-order valence-electron chi connectivity index (χ2n) is 8.32. The summed E-state index contributed by atoms with van der Waals surface area (Å²) in [5.41, 5.74) is 5.71. The number of aryl methyl sites for hydroxylation is 1. The maximum absolute atomic E-state index is 12.5. The minimum atomic E-state index is -0.514. The molecule has 6 nitrogen and oxygen atoms in total. The van der Waals surface area contributed by atoms with Crippen molar-refractivity contribution in [2.24, 2.45) is 0 Å². The summed E-state index contributed by atoms with van der Waals surface area (Å²) >= 11 is 0. The van der Waals surface area contributed by atoms with Gasteiger partial charge >= 0.3 is 5.97 Å². The summed E-state index contributed by atoms with van der Waals surface area (Å²) in [6, 6.07) is 23.3. The van der Waals surface area contributed by atoms with Crippen LogP contribution in [0.15, 0.2) is 72.8 Å². The Bertz CT molecular complexity index is 1080. The van der Waals surface area contributed by atoms with E-state index in [-0.39, 0.29) is 6.42 Å². The van der Waals surface area contributed by atoms with Gasteiger partial charge < -0.3 is 14.3 Å². The van der Waals surface area contributed by atoms with Gasteiger partial charge in [-0.25, -0.2) is 4.79 Å². The van der Waals surface area contributed by atoms with E-state index in [2.05, 4.69) is 29.7 Å². The molecule has 0 radical (unpaired) electrons. The Kier molecular flexibility index (Phi) is 10.2. The maximum atomic E-state index is 12.5. The van der Waals surface area contributed by atoms with Crippen molar-refractivity contribution in [3.63, 3.8) is 0 Å². The molecule has 0 saturated carbocycles. The van der Waals surface area contributed by atoms with Gasteiger partial charge in [0, 0.05) is 5.56 Å². The third kappa shape index (κ3) is 8.49. The highest BCUT2D eigenvalue weighted by Crippen LogP contribution is 2.24. The van der Waals surface area contributed by atoms with Crippen molar-refractivity contribution in [1.29, 1.82) is 0 Å². The summed E-state index contributed by atoms with van der Waals surface area (Å²) in [4.78, 5) is 29.4. The Labute approximate surface area is 207 Å². The topological polar surface area (TPSA) is 73.9 Å². The van der Waals surface area contributed by atoms with Gasteiger partial charge in [0.05, 0.1) is 19.6 Å². The zero-order valence-corrected chi connectivity index (χ0v) is 20.4. The van der Waals surface area contributed by atoms with E-state index in [9.17, 15) is 9.59 Å². The fourth-order valence-electron chi connectivity index (χ4n) is 3.59. The van der Waals surface area contributed by atoms with E-state index in [0.717, 1.165) is 41.9 Å². The van der Waals surface area contributed by atoms with Gasteiger partial charge in [-0.2, -0.15) is 5.48 Å². The molecule has 0 unspecified atom stereocenters. The summed E-state index contributed by atoms with van der Waals surface area (Å²) in [5.74, 6) is 0.530. The Morgan fingerprint density at radius 1 is 0.743 bits per heavy atom. The van der Waals surface area contributed by atoms with Crippen molar-refractivity contribution >= 4 is 11.9 Å². The third-order valence-corrected chi connectivity index (χ3v) is 5.74. The number of ether oxygens (including phenoxy) is 2. The smallest absolute Gasteiger partial charge is 0.332 e. The van der Waals surface area contributed by atoms with Crippen LogP contribution in [0.2, 0.25) is 0 Å². The molecule has 0 fully saturated rings. The van der Waals surface area contributed by atoms with Crippen LogP contribution in [0.3, 0.4) is 0 Å². The number of rotatable bonds is 12. The lowest BCUT2D eigenvalue weighted by Gasteiger charge is -2.14. The molecule has 0 bridgehead atoms. The molecule has 0 aliphatic carbocycles. The number of hydroxylamine groups is 1. The van der Waals surface area contributed by atoms with Gasteiger partial charge in [-0.05, 0) is 80.5 Å². The number of hydrogen-bond acceptors (Lipinski definition) is 5. The minimum absolute atomic E-state index is 0.141. The van der Waals surface area contributed by atoms with Crippen molar-refractivity contribution in [2.45, 2.75) is 46.0 Å². The number of benzene rings is 3. The van der Waals surface area contributed by atoms with Crippen molar-refractivity contribution in [1.82, 2.24) is 5.48 Å². The van der Waals surface area contributed by atoms with E-state index in [4.69, 9.17) is 14.3 Å². The molecule has 3 rings (SSSR count). The standard InChI is InChI=1S/C29H33NO5/c1-22-23(2)27(34-20-10-9-14-24-12-5-3-6-13-24)19-18-26(22)29(32)30-35-28(31)17-11-21-33-25-15-7-4-8-16-25/h3-8,12-13,15-16,18-19H,9-11,14,17,20-21H2,1-2H3,(H,30,32). The molecular weight excluding hydrogens is 442 g/mol. The molecule has 0 aliphatic rings. The van der Waals surface area contributed by atoms with Gasteiger partial charge in [0.25, 0.3) is 5.91 Å². The first kappa shape index (κ1) is 25.8. The van der Waals surface area contributed by atoms with Gasteiger partial charge in [-0.15, -0.1) is 0 Å². The molecule has 1 amide bonds. The second kappa shape index (κ2) is 13.8. The molecule has 1 N–H and O–H groups in total. The highest BCUT2D eigenvalue weighted by atomic mass is 16.7. The Balaban J connectivity index is 1.37. The van der Waals surface area contributed by atoms with Crippen LogP contribution in [0.5, 0.6) is 11.5 Å². The molecule has 0 atom stereocenters. The van der Waals surface area contributed by atoms with Crippen LogP contribution in [-0.2, 0) is 16.1 Å². The van der Waals surface area contributed by atoms with E-state index >= 15 is 0 Å². The number of nitrogens with one attached hydrogen (secondary N) is 1.